The minimum Gasteiger partial charge on any atom is -0.342 e. The van der Waals surface area contributed by atoms with Gasteiger partial charge in [0.25, 0.3) is 0 Å². The second-order valence-corrected chi connectivity index (χ2v) is 7.27. The lowest BCUT2D eigenvalue weighted by Crippen LogP contribution is -2.40. The number of rotatable bonds is 4. The van der Waals surface area contributed by atoms with Gasteiger partial charge in [0.15, 0.2) is 0 Å². The standard InChI is InChI=1S/C14H19FN2O3S/c1-11-5-6-12(15)9-13(11)21(19,20)16(2)10-14(18)17-7-3-4-8-17/h5-6,9H,3-4,7-8,10H2,1-2H3. The summed E-state index contributed by atoms with van der Waals surface area (Å²) in [5, 5.41) is 0. The molecular weight excluding hydrogens is 295 g/mol. The summed E-state index contributed by atoms with van der Waals surface area (Å²) >= 11 is 0. The van der Waals surface area contributed by atoms with Gasteiger partial charge in [-0.1, -0.05) is 6.07 Å². The molecule has 1 aromatic rings. The van der Waals surface area contributed by atoms with Gasteiger partial charge >= 0.3 is 0 Å². The summed E-state index contributed by atoms with van der Waals surface area (Å²) in [6.07, 6.45) is 1.90. The summed E-state index contributed by atoms with van der Waals surface area (Å²) in [4.78, 5) is 13.6. The highest BCUT2D eigenvalue weighted by Crippen LogP contribution is 2.20. The number of sulfonamides is 1. The molecule has 116 valence electrons. The summed E-state index contributed by atoms with van der Waals surface area (Å²) in [6, 6.07) is 3.61. The van der Waals surface area contributed by atoms with Crippen molar-refractivity contribution >= 4 is 15.9 Å². The molecule has 1 aliphatic heterocycles. The number of likely N-dealkylation sites (N-methyl/N-ethyl adjacent to an activating group) is 1. The van der Waals surface area contributed by atoms with Crippen molar-refractivity contribution in [1.29, 1.82) is 0 Å². The molecular formula is C14H19FN2O3S. The van der Waals surface area contributed by atoms with Crippen LogP contribution in [-0.2, 0) is 14.8 Å². The fourth-order valence-electron chi connectivity index (χ4n) is 2.36. The SMILES string of the molecule is Cc1ccc(F)cc1S(=O)(=O)N(C)CC(=O)N1CCCC1. The average Bonchev–Trinajstić information content (AvgIpc) is 2.95. The summed E-state index contributed by atoms with van der Waals surface area (Å²) in [5.41, 5.74) is 0.455. The normalized spacial score (nSPS) is 15.7. The number of nitrogens with zero attached hydrogens (tertiary/aromatic N) is 2. The molecule has 1 amide bonds. The van der Waals surface area contributed by atoms with Gasteiger partial charge in [-0.15, -0.1) is 0 Å². The van der Waals surface area contributed by atoms with Gasteiger partial charge in [0, 0.05) is 20.1 Å². The van der Waals surface area contributed by atoms with Gasteiger partial charge < -0.3 is 4.90 Å². The summed E-state index contributed by atoms with van der Waals surface area (Å²) < 4.78 is 39.2. The molecule has 0 aliphatic carbocycles. The topological polar surface area (TPSA) is 57.7 Å². The van der Waals surface area contributed by atoms with E-state index in [0.717, 1.165) is 23.2 Å². The van der Waals surface area contributed by atoms with E-state index in [4.69, 9.17) is 0 Å². The zero-order valence-electron chi connectivity index (χ0n) is 12.2. The highest BCUT2D eigenvalue weighted by atomic mass is 32.2. The van der Waals surface area contributed by atoms with Crippen LogP contribution in [0, 0.1) is 12.7 Å². The predicted molar refractivity (Wildman–Crippen MR) is 76.8 cm³/mol. The van der Waals surface area contributed by atoms with Crippen LogP contribution in [0.1, 0.15) is 18.4 Å². The second-order valence-electron chi connectivity index (χ2n) is 5.26. The minimum absolute atomic E-state index is 0.0979. The molecule has 1 fully saturated rings. The maximum atomic E-state index is 13.3. The number of halogens is 1. The van der Waals surface area contributed by atoms with E-state index in [1.807, 2.05) is 0 Å². The molecule has 1 aliphatic rings. The maximum absolute atomic E-state index is 13.3. The highest BCUT2D eigenvalue weighted by molar-refractivity contribution is 7.89. The van der Waals surface area contributed by atoms with Crippen LogP contribution in [0.2, 0.25) is 0 Å². The second kappa shape index (κ2) is 6.11. The fraction of sp³-hybridized carbons (Fsp3) is 0.500. The first-order valence-electron chi connectivity index (χ1n) is 6.82. The van der Waals surface area contributed by atoms with Gasteiger partial charge in [0.2, 0.25) is 15.9 Å². The van der Waals surface area contributed by atoms with E-state index >= 15 is 0 Å². The van der Waals surface area contributed by atoms with Crippen molar-refractivity contribution in [1.82, 2.24) is 9.21 Å². The number of aryl methyl sites for hydroxylation is 1. The van der Waals surface area contributed by atoms with Crippen LogP contribution in [0.25, 0.3) is 0 Å². The Bertz CT molecular complexity index is 640. The highest BCUT2D eigenvalue weighted by Gasteiger charge is 2.27. The largest absolute Gasteiger partial charge is 0.342 e. The third-order valence-corrected chi connectivity index (χ3v) is 5.60. The van der Waals surface area contributed by atoms with E-state index in [-0.39, 0.29) is 17.3 Å². The van der Waals surface area contributed by atoms with Crippen LogP contribution < -0.4 is 0 Å². The summed E-state index contributed by atoms with van der Waals surface area (Å²) in [7, 11) is -2.53. The molecule has 1 aromatic carbocycles. The van der Waals surface area contributed by atoms with Crippen molar-refractivity contribution in [2.24, 2.45) is 0 Å². The van der Waals surface area contributed by atoms with Gasteiger partial charge in [-0.05, 0) is 37.5 Å². The maximum Gasteiger partial charge on any atom is 0.243 e. The van der Waals surface area contributed by atoms with Crippen LogP contribution in [-0.4, -0.2) is 50.2 Å². The zero-order valence-corrected chi connectivity index (χ0v) is 13.0. The molecule has 5 nitrogen and oxygen atoms in total. The van der Waals surface area contributed by atoms with Crippen molar-refractivity contribution in [2.45, 2.75) is 24.7 Å². The first kappa shape index (κ1) is 15.9. The third kappa shape index (κ3) is 3.41. The molecule has 0 saturated carbocycles. The number of benzene rings is 1. The first-order chi connectivity index (χ1) is 9.82. The van der Waals surface area contributed by atoms with Crippen molar-refractivity contribution in [2.75, 3.05) is 26.7 Å². The Morgan fingerprint density at radius 3 is 2.57 bits per heavy atom. The van der Waals surface area contributed by atoms with Crippen molar-refractivity contribution in [3.63, 3.8) is 0 Å². The number of hydrogen-bond acceptors (Lipinski definition) is 3. The van der Waals surface area contributed by atoms with E-state index in [1.54, 1.807) is 11.8 Å². The average molecular weight is 314 g/mol. The molecule has 2 rings (SSSR count). The Hall–Kier alpha value is -1.47. The van der Waals surface area contributed by atoms with E-state index in [1.165, 1.54) is 19.2 Å². The van der Waals surface area contributed by atoms with E-state index in [9.17, 15) is 17.6 Å². The number of likely N-dealkylation sites (tertiary alicyclic amines) is 1. The van der Waals surface area contributed by atoms with Crippen LogP contribution in [0.3, 0.4) is 0 Å². The van der Waals surface area contributed by atoms with Crippen LogP contribution in [0.4, 0.5) is 4.39 Å². The van der Waals surface area contributed by atoms with Crippen molar-refractivity contribution in [3.8, 4) is 0 Å². The van der Waals surface area contributed by atoms with Crippen molar-refractivity contribution < 1.29 is 17.6 Å². The molecule has 1 saturated heterocycles. The Morgan fingerprint density at radius 1 is 1.33 bits per heavy atom. The van der Waals surface area contributed by atoms with E-state index in [0.29, 0.717) is 18.7 Å². The lowest BCUT2D eigenvalue weighted by Gasteiger charge is -2.21. The molecule has 0 spiro atoms. The van der Waals surface area contributed by atoms with Gasteiger partial charge in [-0.2, -0.15) is 4.31 Å². The number of hydrogen-bond donors (Lipinski definition) is 0. The number of carbonyl (C=O) groups excluding carboxylic acids is 1. The fourth-order valence-corrected chi connectivity index (χ4v) is 3.71. The molecule has 0 radical (unpaired) electrons. The summed E-state index contributed by atoms with van der Waals surface area (Å²) in [6.45, 7) is 2.72. The van der Waals surface area contributed by atoms with Crippen LogP contribution in [0.5, 0.6) is 0 Å². The molecule has 0 unspecified atom stereocenters. The van der Waals surface area contributed by atoms with Gasteiger partial charge in [0.05, 0.1) is 11.4 Å². The van der Waals surface area contributed by atoms with E-state index in [2.05, 4.69) is 0 Å². The molecule has 0 atom stereocenters. The lowest BCUT2D eigenvalue weighted by molar-refractivity contribution is -0.130. The Labute approximate surface area is 124 Å². The van der Waals surface area contributed by atoms with E-state index < -0.39 is 15.8 Å². The Balaban J connectivity index is 2.18. The van der Waals surface area contributed by atoms with Gasteiger partial charge in [0.1, 0.15) is 5.82 Å². The smallest absolute Gasteiger partial charge is 0.243 e. The van der Waals surface area contributed by atoms with Gasteiger partial charge in [-0.3, -0.25) is 4.79 Å². The molecule has 1 heterocycles. The monoisotopic (exact) mass is 314 g/mol. The molecule has 7 heteroatoms. The Morgan fingerprint density at radius 2 is 1.95 bits per heavy atom. The van der Waals surface area contributed by atoms with Crippen LogP contribution >= 0.6 is 0 Å². The number of carbonyl (C=O) groups is 1. The van der Waals surface area contributed by atoms with Crippen molar-refractivity contribution in [3.05, 3.63) is 29.6 Å². The third-order valence-electron chi connectivity index (χ3n) is 3.66. The summed E-state index contributed by atoms with van der Waals surface area (Å²) in [5.74, 6) is -0.828. The zero-order chi connectivity index (χ0) is 15.6. The number of amides is 1. The molecule has 0 aromatic heterocycles. The molecule has 0 bridgehead atoms. The molecule has 21 heavy (non-hydrogen) atoms. The predicted octanol–water partition coefficient (Wildman–Crippen LogP) is 1.38. The lowest BCUT2D eigenvalue weighted by atomic mass is 10.2. The van der Waals surface area contributed by atoms with Gasteiger partial charge in [-0.25, -0.2) is 12.8 Å². The minimum atomic E-state index is -3.87. The quantitative estimate of drug-likeness (QED) is 0.843. The van der Waals surface area contributed by atoms with Crippen LogP contribution in [0.15, 0.2) is 23.1 Å². The Kier molecular flexibility index (Phi) is 4.63. The first-order valence-corrected chi connectivity index (χ1v) is 8.26. The molecule has 0 N–H and O–H groups in total.